The van der Waals surface area contributed by atoms with Gasteiger partial charge in [0.25, 0.3) is 0 Å². The minimum Gasteiger partial charge on any atom is -0.493 e. The molecule has 5 rings (SSSR count). The van der Waals surface area contributed by atoms with Gasteiger partial charge < -0.3 is 19.5 Å². The molecule has 0 saturated carbocycles. The van der Waals surface area contributed by atoms with Crippen molar-refractivity contribution in [1.82, 2.24) is 19.9 Å². The average molecular weight is 435 g/mol. The van der Waals surface area contributed by atoms with Crippen molar-refractivity contribution in [3.05, 3.63) is 48.0 Å². The Morgan fingerprint density at radius 2 is 2.06 bits per heavy atom. The van der Waals surface area contributed by atoms with Crippen LogP contribution < -0.4 is 14.8 Å². The number of fused-ring (bicyclic) bond motifs is 2. The van der Waals surface area contributed by atoms with Gasteiger partial charge in [0.2, 0.25) is 5.91 Å². The first kappa shape index (κ1) is 20.6. The van der Waals surface area contributed by atoms with Crippen LogP contribution in [0.15, 0.2) is 36.8 Å². The molecule has 0 radical (unpaired) electrons. The fraction of sp³-hybridized carbons (Fsp3) is 0.391. The summed E-state index contributed by atoms with van der Waals surface area (Å²) >= 11 is 0. The highest BCUT2D eigenvalue weighted by molar-refractivity contribution is 6.05. The van der Waals surface area contributed by atoms with Crippen molar-refractivity contribution in [3.8, 4) is 11.5 Å². The van der Waals surface area contributed by atoms with E-state index in [2.05, 4.69) is 32.1 Å². The van der Waals surface area contributed by atoms with Crippen LogP contribution in [-0.4, -0.2) is 65.4 Å². The minimum atomic E-state index is -0.558. The van der Waals surface area contributed by atoms with E-state index in [0.717, 1.165) is 30.5 Å². The minimum absolute atomic E-state index is 0.0925. The Morgan fingerprint density at radius 1 is 1.22 bits per heavy atom. The van der Waals surface area contributed by atoms with Crippen molar-refractivity contribution in [3.63, 3.8) is 0 Å². The third kappa shape index (κ3) is 3.63. The van der Waals surface area contributed by atoms with E-state index < -0.39 is 5.92 Å². The number of ether oxygens (including phenoxy) is 3. The molecule has 4 heterocycles. The van der Waals surface area contributed by atoms with E-state index in [1.165, 1.54) is 6.33 Å². The lowest BCUT2D eigenvalue weighted by molar-refractivity contribution is -0.116. The molecule has 3 aromatic rings. The van der Waals surface area contributed by atoms with E-state index >= 15 is 0 Å². The number of hydrogen-bond donors (Lipinski definition) is 1. The topological polar surface area (TPSA) is 98.7 Å². The van der Waals surface area contributed by atoms with Crippen LogP contribution in [0.25, 0.3) is 10.9 Å². The van der Waals surface area contributed by atoms with Crippen molar-refractivity contribution in [1.29, 1.82) is 0 Å². The van der Waals surface area contributed by atoms with Gasteiger partial charge in [0.1, 0.15) is 18.1 Å². The summed E-state index contributed by atoms with van der Waals surface area (Å²) in [6.07, 6.45) is 3.87. The zero-order valence-electron chi connectivity index (χ0n) is 18.1. The molecule has 2 atom stereocenters. The number of nitrogens with zero attached hydrogens (tertiary/aromatic N) is 4. The molecule has 2 aromatic heterocycles. The van der Waals surface area contributed by atoms with Crippen molar-refractivity contribution >= 4 is 22.6 Å². The second-order valence-electron chi connectivity index (χ2n) is 7.77. The molecule has 9 nitrogen and oxygen atoms in total. The maximum absolute atomic E-state index is 12.8. The Hall–Kier alpha value is -3.30. The number of aromatic nitrogens is 3. The van der Waals surface area contributed by atoms with Gasteiger partial charge in [0, 0.05) is 36.3 Å². The monoisotopic (exact) mass is 435 g/mol. The third-order valence-corrected chi connectivity index (χ3v) is 5.94. The molecule has 9 heteroatoms. The standard InChI is InChI=1S/C23H25N5O4/c1-3-19(28-7-9-31-10-8-28)32-18-12-16-15(11-17(18)30-2)21(26-13-25-16)20-14-5-4-6-24-22(14)27-23(20)29/h4-6,11-13,19-20H,3,7-10H2,1-2H3,(H,24,27,29). The van der Waals surface area contributed by atoms with Crippen LogP contribution >= 0.6 is 0 Å². The molecule has 2 aliphatic rings. The quantitative estimate of drug-likeness (QED) is 0.631. The number of nitrogens with one attached hydrogen (secondary N) is 1. The molecule has 166 valence electrons. The highest BCUT2D eigenvalue weighted by atomic mass is 16.5. The first-order chi connectivity index (χ1) is 15.7. The zero-order valence-corrected chi connectivity index (χ0v) is 18.1. The number of amides is 1. The van der Waals surface area contributed by atoms with Crippen LogP contribution in [0.3, 0.4) is 0 Å². The Morgan fingerprint density at radius 3 is 2.84 bits per heavy atom. The number of carbonyl (C=O) groups is 1. The molecule has 0 bridgehead atoms. The highest BCUT2D eigenvalue weighted by Crippen LogP contribution is 2.40. The Balaban J connectivity index is 1.54. The molecular weight excluding hydrogens is 410 g/mol. The number of anilines is 1. The summed E-state index contributed by atoms with van der Waals surface area (Å²) in [5, 5.41) is 3.58. The number of rotatable bonds is 6. The van der Waals surface area contributed by atoms with E-state index in [-0.39, 0.29) is 12.1 Å². The SMILES string of the molecule is CCC(Oc1cc2ncnc(C3C(=O)Nc4ncccc43)c2cc1OC)N1CCOCC1. The van der Waals surface area contributed by atoms with E-state index in [0.29, 0.717) is 41.7 Å². The van der Waals surface area contributed by atoms with Gasteiger partial charge in [-0.3, -0.25) is 9.69 Å². The lowest BCUT2D eigenvalue weighted by Crippen LogP contribution is -2.46. The number of pyridine rings is 1. The number of methoxy groups -OCH3 is 1. The molecule has 0 spiro atoms. The van der Waals surface area contributed by atoms with Gasteiger partial charge >= 0.3 is 0 Å². The molecule has 2 unspecified atom stereocenters. The average Bonchev–Trinajstić information content (AvgIpc) is 3.17. The summed E-state index contributed by atoms with van der Waals surface area (Å²) < 4.78 is 17.5. The van der Waals surface area contributed by atoms with Crippen LogP contribution in [0.1, 0.15) is 30.5 Å². The normalized spacial score (nSPS) is 19.4. The van der Waals surface area contributed by atoms with Gasteiger partial charge in [0.15, 0.2) is 17.7 Å². The predicted molar refractivity (Wildman–Crippen MR) is 118 cm³/mol. The lowest BCUT2D eigenvalue weighted by Gasteiger charge is -2.34. The van der Waals surface area contributed by atoms with E-state index in [4.69, 9.17) is 14.2 Å². The maximum atomic E-state index is 12.8. The first-order valence-corrected chi connectivity index (χ1v) is 10.8. The van der Waals surface area contributed by atoms with Crippen molar-refractivity contribution < 1.29 is 19.0 Å². The number of benzene rings is 1. The van der Waals surface area contributed by atoms with Gasteiger partial charge in [-0.25, -0.2) is 15.0 Å². The van der Waals surface area contributed by atoms with Crippen LogP contribution in [0, 0.1) is 0 Å². The molecular formula is C23H25N5O4. The van der Waals surface area contributed by atoms with Gasteiger partial charge in [0.05, 0.1) is 31.5 Å². The lowest BCUT2D eigenvalue weighted by atomic mass is 9.95. The largest absolute Gasteiger partial charge is 0.493 e. The second-order valence-corrected chi connectivity index (χ2v) is 7.77. The van der Waals surface area contributed by atoms with Gasteiger partial charge in [-0.2, -0.15) is 0 Å². The van der Waals surface area contributed by atoms with Crippen LogP contribution in [0.5, 0.6) is 11.5 Å². The van der Waals surface area contributed by atoms with Crippen molar-refractivity contribution in [2.24, 2.45) is 0 Å². The number of carbonyl (C=O) groups excluding carboxylic acids is 1. The van der Waals surface area contributed by atoms with E-state index in [1.807, 2.05) is 24.3 Å². The smallest absolute Gasteiger partial charge is 0.239 e. The molecule has 1 N–H and O–H groups in total. The van der Waals surface area contributed by atoms with Crippen LogP contribution in [-0.2, 0) is 9.53 Å². The first-order valence-electron chi connectivity index (χ1n) is 10.8. The van der Waals surface area contributed by atoms with Crippen molar-refractivity contribution in [2.75, 3.05) is 38.7 Å². The molecule has 1 fully saturated rings. The number of hydrogen-bond acceptors (Lipinski definition) is 8. The van der Waals surface area contributed by atoms with Gasteiger partial charge in [-0.15, -0.1) is 0 Å². The fourth-order valence-electron chi connectivity index (χ4n) is 4.35. The highest BCUT2D eigenvalue weighted by Gasteiger charge is 2.35. The molecule has 32 heavy (non-hydrogen) atoms. The van der Waals surface area contributed by atoms with Crippen molar-refractivity contribution in [2.45, 2.75) is 25.5 Å². The second kappa shape index (κ2) is 8.68. The number of morpholine rings is 1. The molecule has 1 amide bonds. The Bertz CT molecular complexity index is 1150. The summed E-state index contributed by atoms with van der Waals surface area (Å²) in [6, 6.07) is 7.42. The summed E-state index contributed by atoms with van der Waals surface area (Å²) in [7, 11) is 1.61. The third-order valence-electron chi connectivity index (χ3n) is 5.94. The summed E-state index contributed by atoms with van der Waals surface area (Å²) in [5.41, 5.74) is 2.10. The van der Waals surface area contributed by atoms with E-state index in [9.17, 15) is 4.79 Å². The molecule has 0 aliphatic carbocycles. The summed E-state index contributed by atoms with van der Waals surface area (Å²) in [5.74, 6) is 1.04. The van der Waals surface area contributed by atoms with Crippen LogP contribution in [0.2, 0.25) is 0 Å². The van der Waals surface area contributed by atoms with Crippen LogP contribution in [0.4, 0.5) is 5.82 Å². The molecule has 1 saturated heterocycles. The maximum Gasteiger partial charge on any atom is 0.239 e. The van der Waals surface area contributed by atoms with Gasteiger partial charge in [-0.05, 0) is 18.6 Å². The summed E-state index contributed by atoms with van der Waals surface area (Å²) in [4.78, 5) is 28.2. The van der Waals surface area contributed by atoms with Gasteiger partial charge in [-0.1, -0.05) is 13.0 Å². The Kier molecular flexibility index (Phi) is 5.59. The summed E-state index contributed by atoms with van der Waals surface area (Å²) in [6.45, 7) is 5.14. The predicted octanol–water partition coefficient (Wildman–Crippen LogP) is 2.56. The Labute approximate surface area is 185 Å². The van der Waals surface area contributed by atoms with E-state index in [1.54, 1.807) is 13.3 Å². The fourth-order valence-corrected chi connectivity index (χ4v) is 4.35. The molecule has 1 aromatic carbocycles. The molecule has 2 aliphatic heterocycles. The zero-order chi connectivity index (χ0) is 22.1.